The Morgan fingerprint density at radius 3 is 2.45 bits per heavy atom. The van der Waals surface area contributed by atoms with Crippen molar-refractivity contribution in [3.63, 3.8) is 0 Å². The van der Waals surface area contributed by atoms with E-state index in [0.29, 0.717) is 16.5 Å². The molecule has 0 heterocycles. The zero-order valence-electron chi connectivity index (χ0n) is 11.3. The lowest BCUT2D eigenvalue weighted by Gasteiger charge is -2.06. The number of hydrogen-bond acceptors (Lipinski definition) is 4. The number of carbonyl (C=O) groups excluding carboxylic acids is 1. The van der Waals surface area contributed by atoms with E-state index in [0.717, 1.165) is 5.56 Å². The van der Waals surface area contributed by atoms with E-state index in [1.807, 2.05) is 0 Å². The molecule has 0 bridgehead atoms. The summed E-state index contributed by atoms with van der Waals surface area (Å²) in [6, 6.07) is 10.5. The van der Waals surface area contributed by atoms with Gasteiger partial charge in [0.2, 0.25) is 0 Å². The van der Waals surface area contributed by atoms with Gasteiger partial charge in [-0.25, -0.2) is 0 Å². The van der Waals surface area contributed by atoms with E-state index in [-0.39, 0.29) is 17.9 Å². The molecule has 0 aliphatic heterocycles. The van der Waals surface area contributed by atoms with Crippen molar-refractivity contribution in [3.8, 4) is 5.75 Å². The third-order valence-electron chi connectivity index (χ3n) is 2.91. The van der Waals surface area contributed by atoms with Gasteiger partial charge in [-0.1, -0.05) is 35.3 Å². The van der Waals surface area contributed by atoms with Gasteiger partial charge in [0.05, 0.1) is 21.4 Å². The number of hydrogen-bond donors (Lipinski definition) is 0. The van der Waals surface area contributed by atoms with Crippen molar-refractivity contribution in [2.45, 2.75) is 12.8 Å². The number of aryl methyl sites for hydroxylation is 1. The monoisotopic (exact) mass is 339 g/mol. The minimum absolute atomic E-state index is 0.0643. The Balaban J connectivity index is 1.93. The van der Waals surface area contributed by atoms with Crippen LogP contribution in [-0.2, 0) is 11.2 Å². The zero-order valence-corrected chi connectivity index (χ0v) is 12.8. The average molecular weight is 340 g/mol. The molecule has 0 aliphatic rings. The van der Waals surface area contributed by atoms with Crippen molar-refractivity contribution in [3.05, 3.63) is 68.2 Å². The minimum atomic E-state index is -0.521. The van der Waals surface area contributed by atoms with Crippen LogP contribution in [0.5, 0.6) is 5.75 Å². The minimum Gasteiger partial charge on any atom is -0.427 e. The highest BCUT2D eigenvalue weighted by atomic mass is 35.5. The van der Waals surface area contributed by atoms with Crippen LogP contribution in [0.1, 0.15) is 12.0 Å². The lowest BCUT2D eigenvalue weighted by Crippen LogP contribution is -2.09. The van der Waals surface area contributed by atoms with Crippen molar-refractivity contribution in [1.82, 2.24) is 0 Å². The van der Waals surface area contributed by atoms with Crippen LogP contribution in [0.3, 0.4) is 0 Å². The molecule has 22 heavy (non-hydrogen) atoms. The van der Waals surface area contributed by atoms with Gasteiger partial charge in [0.15, 0.2) is 0 Å². The molecular weight excluding hydrogens is 329 g/mol. The second-order valence-electron chi connectivity index (χ2n) is 4.44. The van der Waals surface area contributed by atoms with Crippen LogP contribution in [0.15, 0.2) is 42.5 Å². The van der Waals surface area contributed by atoms with Gasteiger partial charge in [-0.05, 0) is 30.2 Å². The fourth-order valence-corrected chi connectivity index (χ4v) is 2.21. The fraction of sp³-hybridized carbons (Fsp3) is 0.133. The summed E-state index contributed by atoms with van der Waals surface area (Å²) in [5.41, 5.74) is 0.695. The number of ether oxygens (including phenoxy) is 1. The summed E-state index contributed by atoms with van der Waals surface area (Å²) in [7, 11) is 0. The maximum absolute atomic E-state index is 11.8. The Kier molecular flexibility index (Phi) is 5.35. The first-order valence-electron chi connectivity index (χ1n) is 6.35. The number of carbonyl (C=O) groups is 1. The van der Waals surface area contributed by atoms with Crippen molar-refractivity contribution in [2.75, 3.05) is 0 Å². The molecule has 5 nitrogen and oxygen atoms in total. The fourth-order valence-electron chi connectivity index (χ4n) is 1.80. The number of nitro groups is 1. The molecular formula is C15H11Cl2NO4. The molecule has 0 amide bonds. The summed E-state index contributed by atoms with van der Waals surface area (Å²) in [6.45, 7) is 0. The van der Waals surface area contributed by atoms with Gasteiger partial charge in [-0.3, -0.25) is 14.9 Å². The van der Waals surface area contributed by atoms with Gasteiger partial charge in [0.25, 0.3) is 5.69 Å². The van der Waals surface area contributed by atoms with E-state index in [9.17, 15) is 14.9 Å². The summed E-state index contributed by atoms with van der Waals surface area (Å²) < 4.78 is 5.10. The molecule has 0 saturated carbocycles. The van der Waals surface area contributed by atoms with Crippen LogP contribution in [0.2, 0.25) is 10.0 Å². The predicted octanol–water partition coefficient (Wildman–Crippen LogP) is 4.44. The number of non-ortho nitro benzene ring substituents is 1. The van der Waals surface area contributed by atoms with Gasteiger partial charge in [0.1, 0.15) is 5.75 Å². The largest absolute Gasteiger partial charge is 0.427 e. The Bertz CT molecular complexity index is 701. The number of halogens is 2. The molecule has 0 atom stereocenters. The summed E-state index contributed by atoms with van der Waals surface area (Å²) >= 11 is 11.9. The summed E-state index contributed by atoms with van der Waals surface area (Å²) in [6.07, 6.45) is 0.516. The highest BCUT2D eigenvalue weighted by Crippen LogP contribution is 2.26. The summed E-state index contributed by atoms with van der Waals surface area (Å²) in [5, 5.41) is 11.4. The number of esters is 1. The van der Waals surface area contributed by atoms with E-state index in [2.05, 4.69) is 0 Å². The van der Waals surface area contributed by atoms with E-state index >= 15 is 0 Å². The van der Waals surface area contributed by atoms with E-state index < -0.39 is 10.9 Å². The molecule has 0 N–H and O–H groups in total. The number of nitro benzene ring substituents is 1. The standard InChI is InChI=1S/C15H11Cl2NO4/c16-13-3-1-2-10(15(13)17)4-9-14(19)22-12-7-5-11(6-8-12)18(20)21/h1-3,5-8H,4,9H2. The van der Waals surface area contributed by atoms with E-state index in [4.69, 9.17) is 27.9 Å². The first kappa shape index (κ1) is 16.3. The SMILES string of the molecule is O=C(CCc1cccc(Cl)c1Cl)Oc1ccc([N+](=O)[O-])cc1. The molecule has 7 heteroatoms. The molecule has 0 aliphatic carbocycles. The number of benzene rings is 2. The molecule has 0 aromatic heterocycles. The maximum Gasteiger partial charge on any atom is 0.311 e. The molecule has 0 radical (unpaired) electrons. The van der Waals surface area contributed by atoms with Gasteiger partial charge >= 0.3 is 5.97 Å². The van der Waals surface area contributed by atoms with Crippen molar-refractivity contribution in [2.24, 2.45) is 0 Å². The number of nitrogens with zero attached hydrogens (tertiary/aromatic N) is 1. The highest BCUT2D eigenvalue weighted by molar-refractivity contribution is 6.42. The molecule has 2 aromatic rings. The molecule has 0 spiro atoms. The second kappa shape index (κ2) is 7.24. The third kappa shape index (κ3) is 4.19. The van der Waals surface area contributed by atoms with E-state index in [1.165, 1.54) is 24.3 Å². The van der Waals surface area contributed by atoms with Crippen LogP contribution in [0.4, 0.5) is 5.69 Å². The van der Waals surface area contributed by atoms with Crippen LogP contribution >= 0.6 is 23.2 Å². The summed E-state index contributed by atoms with van der Waals surface area (Å²) in [4.78, 5) is 21.8. The average Bonchev–Trinajstić information content (AvgIpc) is 2.49. The summed E-state index contributed by atoms with van der Waals surface area (Å²) in [5.74, 6) is -0.197. The lowest BCUT2D eigenvalue weighted by atomic mass is 10.1. The van der Waals surface area contributed by atoms with Crippen molar-refractivity contribution < 1.29 is 14.5 Å². The Labute approximate surface area is 136 Å². The van der Waals surface area contributed by atoms with Crippen LogP contribution in [-0.4, -0.2) is 10.9 Å². The van der Waals surface area contributed by atoms with Gasteiger partial charge in [0, 0.05) is 12.1 Å². The van der Waals surface area contributed by atoms with E-state index in [1.54, 1.807) is 18.2 Å². The topological polar surface area (TPSA) is 69.4 Å². The predicted molar refractivity (Wildman–Crippen MR) is 83.5 cm³/mol. The first-order chi connectivity index (χ1) is 10.5. The first-order valence-corrected chi connectivity index (χ1v) is 7.11. The van der Waals surface area contributed by atoms with Gasteiger partial charge in [-0.15, -0.1) is 0 Å². The Morgan fingerprint density at radius 2 is 1.82 bits per heavy atom. The molecule has 114 valence electrons. The maximum atomic E-state index is 11.8. The highest BCUT2D eigenvalue weighted by Gasteiger charge is 2.10. The molecule has 0 fully saturated rings. The Hall–Kier alpha value is -2.11. The van der Waals surface area contributed by atoms with Crippen LogP contribution in [0.25, 0.3) is 0 Å². The number of rotatable bonds is 5. The van der Waals surface area contributed by atoms with Gasteiger partial charge < -0.3 is 4.74 Å². The quantitative estimate of drug-likeness (QED) is 0.349. The molecule has 0 unspecified atom stereocenters. The van der Waals surface area contributed by atoms with Crippen molar-refractivity contribution in [1.29, 1.82) is 0 Å². The molecule has 2 aromatic carbocycles. The Morgan fingerprint density at radius 1 is 1.14 bits per heavy atom. The third-order valence-corrected chi connectivity index (χ3v) is 3.77. The lowest BCUT2D eigenvalue weighted by molar-refractivity contribution is -0.384. The van der Waals surface area contributed by atoms with Crippen molar-refractivity contribution >= 4 is 34.9 Å². The van der Waals surface area contributed by atoms with Gasteiger partial charge in [-0.2, -0.15) is 0 Å². The zero-order chi connectivity index (χ0) is 16.1. The normalized spacial score (nSPS) is 10.3. The molecule has 0 saturated heterocycles. The second-order valence-corrected chi connectivity index (χ2v) is 5.22. The molecule has 2 rings (SSSR count). The van der Waals surface area contributed by atoms with Crippen LogP contribution in [0, 0.1) is 10.1 Å². The van der Waals surface area contributed by atoms with Crippen LogP contribution < -0.4 is 4.74 Å². The smallest absolute Gasteiger partial charge is 0.311 e.